The van der Waals surface area contributed by atoms with Crippen molar-refractivity contribution in [3.05, 3.63) is 29.1 Å². The molecule has 7 nitrogen and oxygen atoms in total. The molecule has 178 valence electrons. The smallest absolute Gasteiger partial charge is 0.322 e. The third-order valence-corrected chi connectivity index (χ3v) is 6.08. The average Bonchev–Trinajstić information content (AvgIpc) is 3.04. The predicted octanol–water partition coefficient (Wildman–Crippen LogP) is 2.86. The van der Waals surface area contributed by atoms with Crippen LogP contribution in [0.15, 0.2) is 0 Å². The Labute approximate surface area is 184 Å². The lowest BCUT2D eigenvalue weighted by Gasteiger charge is -2.20. The maximum atomic E-state index is 13.5. The molecule has 0 aliphatic carbocycles. The topological polar surface area (TPSA) is 105 Å². The third-order valence-electron chi connectivity index (χ3n) is 4.65. The molecular weight excluding hydrogens is 463 g/mol. The Bertz CT molecular complexity index is 886. The van der Waals surface area contributed by atoms with E-state index in [2.05, 4.69) is 15.4 Å². The number of rotatable bonds is 9. The van der Waals surface area contributed by atoms with Gasteiger partial charge in [0.05, 0.1) is 5.37 Å². The van der Waals surface area contributed by atoms with Crippen molar-refractivity contribution < 1.29 is 46.2 Å². The van der Waals surface area contributed by atoms with Gasteiger partial charge in [0.15, 0.2) is 0 Å². The van der Waals surface area contributed by atoms with E-state index < -0.39 is 64.0 Å². The van der Waals surface area contributed by atoms with Crippen LogP contribution in [-0.2, 0) is 14.4 Å². The summed E-state index contributed by atoms with van der Waals surface area (Å²) in [5.41, 5.74) is 0. The SMILES string of the molecule is CC1(C)SC(CNC(=O)CCCCC(=O)Oc2c(F)c(F)c(F)c(F)c2F)N[C@H]1C(=O)O. The summed E-state index contributed by atoms with van der Waals surface area (Å²) in [6.45, 7) is 3.73. The van der Waals surface area contributed by atoms with Crippen molar-refractivity contribution in [3.8, 4) is 5.75 Å². The van der Waals surface area contributed by atoms with Crippen molar-refractivity contribution in [1.82, 2.24) is 10.6 Å². The van der Waals surface area contributed by atoms with Crippen molar-refractivity contribution in [2.24, 2.45) is 0 Å². The highest BCUT2D eigenvalue weighted by Crippen LogP contribution is 2.37. The fraction of sp³-hybridized carbons (Fsp3) is 0.526. The summed E-state index contributed by atoms with van der Waals surface area (Å²) in [5.74, 6) is -15.6. The highest BCUT2D eigenvalue weighted by Gasteiger charge is 2.45. The highest BCUT2D eigenvalue weighted by molar-refractivity contribution is 8.01. The fourth-order valence-corrected chi connectivity index (χ4v) is 4.42. The Morgan fingerprint density at radius 3 is 2.06 bits per heavy atom. The normalized spacial score (nSPS) is 19.6. The van der Waals surface area contributed by atoms with Crippen LogP contribution in [0.2, 0.25) is 0 Å². The van der Waals surface area contributed by atoms with Crippen molar-refractivity contribution in [1.29, 1.82) is 0 Å². The van der Waals surface area contributed by atoms with Crippen molar-refractivity contribution in [3.63, 3.8) is 0 Å². The largest absolute Gasteiger partial charge is 0.480 e. The number of halogens is 5. The lowest BCUT2D eigenvalue weighted by Crippen LogP contribution is -2.46. The molecule has 1 heterocycles. The molecule has 1 aromatic rings. The molecule has 2 rings (SSSR count). The van der Waals surface area contributed by atoms with Crippen LogP contribution in [0.4, 0.5) is 22.0 Å². The van der Waals surface area contributed by atoms with Gasteiger partial charge in [-0.2, -0.15) is 8.78 Å². The zero-order valence-corrected chi connectivity index (χ0v) is 17.9. The van der Waals surface area contributed by atoms with Gasteiger partial charge >= 0.3 is 11.9 Å². The first-order valence-electron chi connectivity index (χ1n) is 9.50. The third kappa shape index (κ3) is 6.09. The van der Waals surface area contributed by atoms with E-state index in [0.717, 1.165) is 0 Å². The Hall–Kier alpha value is -2.41. The fourth-order valence-electron chi connectivity index (χ4n) is 3.01. The molecule has 1 saturated heterocycles. The van der Waals surface area contributed by atoms with E-state index in [0.29, 0.717) is 0 Å². The van der Waals surface area contributed by atoms with Gasteiger partial charge in [0.1, 0.15) is 6.04 Å². The summed E-state index contributed by atoms with van der Waals surface area (Å²) in [7, 11) is 0. The van der Waals surface area contributed by atoms with E-state index >= 15 is 0 Å². The van der Waals surface area contributed by atoms with E-state index in [1.807, 2.05) is 0 Å². The van der Waals surface area contributed by atoms with Crippen molar-refractivity contribution >= 4 is 29.6 Å². The molecule has 1 unspecified atom stereocenters. The number of carbonyl (C=O) groups is 3. The van der Waals surface area contributed by atoms with Crippen LogP contribution in [-0.4, -0.2) is 45.7 Å². The van der Waals surface area contributed by atoms with Gasteiger partial charge in [-0.25, -0.2) is 13.2 Å². The molecule has 13 heteroatoms. The second-order valence-corrected chi connectivity index (χ2v) is 9.39. The summed E-state index contributed by atoms with van der Waals surface area (Å²) >= 11 is 1.38. The minimum absolute atomic E-state index is 0.00105. The second kappa shape index (κ2) is 10.5. The number of thioether (sulfide) groups is 1. The zero-order chi connectivity index (χ0) is 24.2. The van der Waals surface area contributed by atoms with Crippen LogP contribution in [0.3, 0.4) is 0 Å². The van der Waals surface area contributed by atoms with Crippen molar-refractivity contribution in [2.75, 3.05) is 6.54 Å². The number of hydrogen-bond donors (Lipinski definition) is 3. The van der Waals surface area contributed by atoms with Gasteiger partial charge < -0.3 is 15.2 Å². The molecular formula is C19H21F5N2O5S. The Balaban J connectivity index is 1.72. The Morgan fingerprint density at radius 2 is 1.53 bits per heavy atom. The van der Waals surface area contributed by atoms with Crippen LogP contribution < -0.4 is 15.4 Å². The molecule has 1 aromatic carbocycles. The molecule has 1 amide bonds. The van der Waals surface area contributed by atoms with Gasteiger partial charge in [0, 0.05) is 24.1 Å². The number of hydrogen-bond acceptors (Lipinski definition) is 6. The molecule has 0 spiro atoms. The van der Waals surface area contributed by atoms with Gasteiger partial charge in [0.25, 0.3) is 0 Å². The monoisotopic (exact) mass is 484 g/mol. The molecule has 0 aromatic heterocycles. The molecule has 2 atom stereocenters. The minimum Gasteiger partial charge on any atom is -0.480 e. The number of nitrogens with one attached hydrogen (secondary N) is 2. The number of carboxylic acids is 1. The second-order valence-electron chi connectivity index (χ2n) is 7.53. The van der Waals surface area contributed by atoms with Crippen molar-refractivity contribution in [2.45, 2.75) is 55.7 Å². The number of carboxylic acid groups (broad SMARTS) is 1. The summed E-state index contributed by atoms with van der Waals surface area (Å²) in [4.78, 5) is 34.8. The first kappa shape index (κ1) is 25.8. The Morgan fingerprint density at radius 1 is 1.00 bits per heavy atom. The number of ether oxygens (including phenoxy) is 1. The summed E-state index contributed by atoms with van der Waals surface area (Å²) in [6, 6.07) is -0.766. The minimum atomic E-state index is -2.36. The molecule has 0 saturated carbocycles. The summed E-state index contributed by atoms with van der Waals surface area (Å²) in [5, 5.41) is 14.4. The number of aliphatic carboxylic acids is 1. The summed E-state index contributed by atoms with van der Waals surface area (Å²) in [6.07, 6.45) is -0.168. The maximum Gasteiger partial charge on any atom is 0.322 e. The molecule has 32 heavy (non-hydrogen) atoms. The van der Waals surface area contributed by atoms with E-state index in [1.165, 1.54) is 11.8 Å². The van der Waals surface area contributed by atoms with Crippen LogP contribution in [0.1, 0.15) is 39.5 Å². The first-order chi connectivity index (χ1) is 14.8. The quantitative estimate of drug-likeness (QED) is 0.124. The molecule has 0 bridgehead atoms. The maximum absolute atomic E-state index is 13.5. The number of benzene rings is 1. The standard InChI is InChI=1S/C19H21F5N2O5S/c1-19(2)17(18(29)30)26-9(32-19)7-25-8(27)5-3-4-6-10(28)31-16-14(23)12(21)11(20)13(22)15(16)24/h9,17,26H,3-7H2,1-2H3,(H,25,27)(H,29,30)/t9?,17-/m0/s1. The molecule has 1 aliphatic heterocycles. The van der Waals surface area contributed by atoms with Crippen LogP contribution >= 0.6 is 11.8 Å². The predicted molar refractivity (Wildman–Crippen MR) is 103 cm³/mol. The van der Waals surface area contributed by atoms with Gasteiger partial charge in [-0.3, -0.25) is 19.7 Å². The summed E-state index contributed by atoms with van der Waals surface area (Å²) < 4.78 is 69.9. The average molecular weight is 484 g/mol. The lowest BCUT2D eigenvalue weighted by molar-refractivity contribution is -0.140. The van der Waals surface area contributed by atoms with E-state index in [1.54, 1.807) is 13.8 Å². The Kier molecular flexibility index (Phi) is 8.46. The van der Waals surface area contributed by atoms with E-state index in [4.69, 9.17) is 0 Å². The molecule has 1 aliphatic rings. The number of amides is 1. The number of esters is 1. The van der Waals surface area contributed by atoms with Gasteiger partial charge in [0.2, 0.25) is 40.7 Å². The van der Waals surface area contributed by atoms with Crippen LogP contribution in [0, 0.1) is 29.1 Å². The number of unbranched alkanes of at least 4 members (excludes halogenated alkanes) is 1. The van der Waals surface area contributed by atoms with Gasteiger partial charge in [-0.05, 0) is 26.7 Å². The zero-order valence-electron chi connectivity index (χ0n) is 17.1. The van der Waals surface area contributed by atoms with Crippen LogP contribution in [0.5, 0.6) is 5.75 Å². The molecule has 3 N–H and O–H groups in total. The highest BCUT2D eigenvalue weighted by atomic mass is 32.2. The van der Waals surface area contributed by atoms with E-state index in [-0.39, 0.29) is 37.1 Å². The van der Waals surface area contributed by atoms with Gasteiger partial charge in [-0.15, -0.1) is 11.8 Å². The van der Waals surface area contributed by atoms with E-state index in [9.17, 15) is 41.4 Å². The molecule has 0 radical (unpaired) electrons. The number of carbonyl (C=O) groups excluding carboxylic acids is 2. The lowest BCUT2D eigenvalue weighted by atomic mass is 10.0. The van der Waals surface area contributed by atoms with Crippen LogP contribution in [0.25, 0.3) is 0 Å². The molecule has 1 fully saturated rings. The first-order valence-corrected chi connectivity index (χ1v) is 10.4. The van der Waals surface area contributed by atoms with Gasteiger partial charge in [-0.1, -0.05) is 0 Å².